The lowest BCUT2D eigenvalue weighted by molar-refractivity contribution is -0.142. The molecule has 11 heteroatoms. The lowest BCUT2D eigenvalue weighted by Crippen LogP contribution is -2.43. The SMILES string of the molecule is Cc1ccc2nc(C(F)(F)/C=C/CO)c(O[C@@H]3C[C@@H](C(=O)O)N(C(=O)OC(C)(C)C)C3)nc2c1. The highest BCUT2D eigenvalue weighted by atomic mass is 19.3. The number of aliphatic hydroxyl groups excluding tert-OH is 1. The number of halogens is 2. The van der Waals surface area contributed by atoms with E-state index >= 15 is 0 Å². The number of allylic oxidation sites excluding steroid dienone is 1. The van der Waals surface area contributed by atoms with Crippen LogP contribution in [-0.2, 0) is 15.5 Å². The number of alkyl halides is 2. The first kappa shape index (κ1) is 25.3. The lowest BCUT2D eigenvalue weighted by atomic mass is 10.1. The number of aliphatic hydroxyl groups is 1. The first-order valence-corrected chi connectivity index (χ1v) is 10.6. The number of ether oxygens (including phenoxy) is 2. The Kier molecular flexibility index (Phi) is 7.06. The third-order valence-electron chi connectivity index (χ3n) is 4.99. The minimum Gasteiger partial charge on any atom is -0.480 e. The maximum absolute atomic E-state index is 14.9. The zero-order valence-corrected chi connectivity index (χ0v) is 19.3. The molecule has 1 aromatic heterocycles. The van der Waals surface area contributed by atoms with Gasteiger partial charge in [-0.1, -0.05) is 12.1 Å². The van der Waals surface area contributed by atoms with Gasteiger partial charge in [-0.2, -0.15) is 8.78 Å². The van der Waals surface area contributed by atoms with Crippen molar-refractivity contribution in [3.05, 3.63) is 41.6 Å². The van der Waals surface area contributed by atoms with Crippen molar-refractivity contribution in [2.75, 3.05) is 13.2 Å². The van der Waals surface area contributed by atoms with Gasteiger partial charge in [-0.25, -0.2) is 19.6 Å². The maximum Gasteiger partial charge on any atom is 0.411 e. The van der Waals surface area contributed by atoms with Crippen LogP contribution >= 0.6 is 0 Å². The van der Waals surface area contributed by atoms with Gasteiger partial charge in [-0.05, 0) is 51.5 Å². The predicted octanol–water partition coefficient (Wildman–Crippen LogP) is 3.42. The average molecular weight is 479 g/mol. The molecule has 0 saturated carbocycles. The molecule has 0 radical (unpaired) electrons. The second-order valence-corrected chi connectivity index (χ2v) is 9.04. The van der Waals surface area contributed by atoms with Crippen LogP contribution in [0.1, 0.15) is 38.4 Å². The number of carboxylic acid groups (broad SMARTS) is 1. The van der Waals surface area contributed by atoms with Gasteiger partial charge < -0.3 is 19.7 Å². The maximum atomic E-state index is 14.9. The standard InChI is InChI=1S/C23H27F2N3O6/c1-13-6-7-15-16(10-13)27-19(18(26-15)23(24,25)8-5-9-29)33-14-11-17(20(30)31)28(12-14)21(32)34-22(2,3)4/h5-8,10,14,17,29H,9,11-12H2,1-4H3,(H,30,31)/b8-5+/t14-,17+/m1/s1. The second kappa shape index (κ2) is 9.49. The molecule has 1 fully saturated rings. The zero-order chi connectivity index (χ0) is 25.3. The van der Waals surface area contributed by atoms with E-state index in [2.05, 4.69) is 9.97 Å². The van der Waals surface area contributed by atoms with Crippen molar-refractivity contribution in [1.82, 2.24) is 14.9 Å². The van der Waals surface area contributed by atoms with Gasteiger partial charge in [0.1, 0.15) is 17.7 Å². The van der Waals surface area contributed by atoms with Crippen LogP contribution in [0.2, 0.25) is 0 Å². The number of fused-ring (bicyclic) bond motifs is 1. The van der Waals surface area contributed by atoms with Gasteiger partial charge in [0.25, 0.3) is 0 Å². The molecule has 1 aromatic carbocycles. The number of aryl methyl sites for hydroxylation is 1. The van der Waals surface area contributed by atoms with Gasteiger partial charge in [0.2, 0.25) is 5.88 Å². The van der Waals surface area contributed by atoms with E-state index in [-0.39, 0.29) is 18.5 Å². The van der Waals surface area contributed by atoms with Crippen LogP contribution in [0.4, 0.5) is 13.6 Å². The van der Waals surface area contributed by atoms with Crippen LogP contribution in [0.5, 0.6) is 5.88 Å². The molecule has 2 atom stereocenters. The molecule has 1 amide bonds. The Labute approximate surface area is 195 Å². The number of carbonyl (C=O) groups is 2. The predicted molar refractivity (Wildman–Crippen MR) is 118 cm³/mol. The lowest BCUT2D eigenvalue weighted by Gasteiger charge is -2.26. The molecule has 3 rings (SSSR count). The smallest absolute Gasteiger partial charge is 0.411 e. The summed E-state index contributed by atoms with van der Waals surface area (Å²) in [5, 5.41) is 18.5. The summed E-state index contributed by atoms with van der Waals surface area (Å²) in [5.41, 5.74) is -0.270. The van der Waals surface area contributed by atoms with Crippen molar-refractivity contribution in [3.63, 3.8) is 0 Å². The highest BCUT2D eigenvalue weighted by molar-refractivity contribution is 5.81. The topological polar surface area (TPSA) is 122 Å². The Morgan fingerprint density at radius 1 is 1.24 bits per heavy atom. The number of rotatable bonds is 6. The molecule has 34 heavy (non-hydrogen) atoms. The van der Waals surface area contributed by atoms with E-state index in [1.165, 1.54) is 0 Å². The number of hydrogen-bond acceptors (Lipinski definition) is 7. The normalized spacial score (nSPS) is 19.1. The number of amides is 1. The molecule has 2 aromatic rings. The molecular weight excluding hydrogens is 452 g/mol. The van der Waals surface area contributed by atoms with Crippen molar-refractivity contribution in [2.45, 2.75) is 57.8 Å². The molecule has 1 saturated heterocycles. The fourth-order valence-electron chi connectivity index (χ4n) is 3.52. The fourth-order valence-corrected chi connectivity index (χ4v) is 3.52. The quantitative estimate of drug-likeness (QED) is 0.605. The van der Waals surface area contributed by atoms with Gasteiger partial charge in [-0.3, -0.25) is 4.90 Å². The third-order valence-corrected chi connectivity index (χ3v) is 4.99. The summed E-state index contributed by atoms with van der Waals surface area (Å²) in [5.74, 6) is -5.38. The van der Waals surface area contributed by atoms with Crippen LogP contribution in [0.15, 0.2) is 30.4 Å². The molecule has 2 heterocycles. The van der Waals surface area contributed by atoms with Crippen LogP contribution in [0, 0.1) is 6.92 Å². The van der Waals surface area contributed by atoms with Crippen LogP contribution < -0.4 is 4.74 Å². The van der Waals surface area contributed by atoms with Gasteiger partial charge in [0.05, 0.1) is 24.2 Å². The van der Waals surface area contributed by atoms with Gasteiger partial charge >= 0.3 is 18.0 Å². The Morgan fingerprint density at radius 2 is 1.94 bits per heavy atom. The van der Waals surface area contributed by atoms with Crippen LogP contribution in [0.25, 0.3) is 11.0 Å². The minimum atomic E-state index is -3.63. The highest BCUT2D eigenvalue weighted by Gasteiger charge is 2.44. The third kappa shape index (κ3) is 5.77. The van der Waals surface area contributed by atoms with E-state index in [4.69, 9.17) is 14.6 Å². The Balaban J connectivity index is 1.98. The van der Waals surface area contributed by atoms with E-state index in [0.717, 1.165) is 16.5 Å². The van der Waals surface area contributed by atoms with Gasteiger partial charge in [-0.15, -0.1) is 0 Å². The molecule has 184 valence electrons. The molecule has 2 N–H and O–H groups in total. The molecule has 9 nitrogen and oxygen atoms in total. The van der Waals surface area contributed by atoms with E-state index in [9.17, 15) is 23.5 Å². The fraction of sp³-hybridized carbons (Fsp3) is 0.478. The first-order valence-electron chi connectivity index (χ1n) is 10.6. The minimum absolute atomic E-state index is 0.153. The van der Waals surface area contributed by atoms with Crippen molar-refractivity contribution >= 4 is 23.1 Å². The number of hydrogen-bond donors (Lipinski definition) is 2. The molecule has 0 bridgehead atoms. The summed E-state index contributed by atoms with van der Waals surface area (Å²) in [7, 11) is 0. The first-order chi connectivity index (χ1) is 15.8. The van der Waals surface area contributed by atoms with E-state index in [1.807, 2.05) is 0 Å². The van der Waals surface area contributed by atoms with Crippen molar-refractivity contribution in [1.29, 1.82) is 0 Å². The number of carboxylic acids is 1. The second-order valence-electron chi connectivity index (χ2n) is 9.04. The van der Waals surface area contributed by atoms with Crippen molar-refractivity contribution in [2.24, 2.45) is 0 Å². The van der Waals surface area contributed by atoms with E-state index in [1.54, 1.807) is 45.9 Å². The summed E-state index contributed by atoms with van der Waals surface area (Å²) in [6, 6.07) is 3.66. The number of aromatic nitrogens is 2. The average Bonchev–Trinajstić information content (AvgIpc) is 3.15. The number of carbonyl (C=O) groups excluding carboxylic acids is 1. The highest BCUT2D eigenvalue weighted by Crippen LogP contribution is 2.36. The molecule has 0 spiro atoms. The number of nitrogens with zero attached hydrogens (tertiary/aromatic N) is 3. The Bertz CT molecular complexity index is 1120. The summed E-state index contributed by atoms with van der Waals surface area (Å²) in [6.07, 6.45) is -0.569. The molecule has 1 aliphatic rings. The molecular formula is C23H27F2N3O6. The molecule has 1 aliphatic heterocycles. The van der Waals surface area contributed by atoms with Gasteiger partial charge in [0.15, 0.2) is 5.69 Å². The van der Waals surface area contributed by atoms with E-state index < -0.39 is 53.9 Å². The molecule has 0 unspecified atom stereocenters. The van der Waals surface area contributed by atoms with Crippen LogP contribution in [0.3, 0.4) is 0 Å². The van der Waals surface area contributed by atoms with Crippen molar-refractivity contribution in [3.8, 4) is 5.88 Å². The number of likely N-dealkylation sites (tertiary alicyclic amines) is 1. The number of aliphatic carboxylic acids is 1. The van der Waals surface area contributed by atoms with Crippen molar-refractivity contribution < 1.29 is 38.1 Å². The largest absolute Gasteiger partial charge is 0.480 e. The summed E-state index contributed by atoms with van der Waals surface area (Å²) in [4.78, 5) is 33.6. The monoisotopic (exact) mass is 479 g/mol. The summed E-state index contributed by atoms with van der Waals surface area (Å²) >= 11 is 0. The summed E-state index contributed by atoms with van der Waals surface area (Å²) in [6.45, 7) is 5.95. The summed E-state index contributed by atoms with van der Waals surface area (Å²) < 4.78 is 40.9. The molecule has 0 aliphatic carbocycles. The Morgan fingerprint density at radius 3 is 2.56 bits per heavy atom. The zero-order valence-electron chi connectivity index (χ0n) is 19.3. The van der Waals surface area contributed by atoms with Gasteiger partial charge in [0, 0.05) is 6.42 Å². The van der Waals surface area contributed by atoms with E-state index in [0.29, 0.717) is 11.6 Å². The van der Waals surface area contributed by atoms with Crippen LogP contribution in [-0.4, -0.2) is 68.0 Å². The Hall–Kier alpha value is -3.34. The number of benzene rings is 1.